The number of cyclic esters (lactones) is 1. The van der Waals surface area contributed by atoms with Gasteiger partial charge in [-0.25, -0.2) is 18.0 Å². The van der Waals surface area contributed by atoms with Crippen LogP contribution in [-0.4, -0.2) is 39.7 Å². The molecule has 1 saturated heterocycles. The van der Waals surface area contributed by atoms with Crippen LogP contribution in [0.2, 0.25) is 5.02 Å². The Labute approximate surface area is 173 Å². The molecule has 30 heavy (non-hydrogen) atoms. The maximum Gasteiger partial charge on any atom is 0.411 e. The number of hydrogen-bond acceptors (Lipinski definition) is 5. The normalized spacial score (nSPS) is 29.4. The van der Waals surface area contributed by atoms with Crippen LogP contribution in [-0.2, 0) is 4.74 Å². The number of hydrogen-bond donors (Lipinski definition) is 1. The SMILES string of the molecule is O=C(NC12CC(N3CC(c4ccc(Cl)c(F)c4)OC3=O)(C1)C2)c1cc(C(F)F)no1. The maximum atomic E-state index is 13.7. The molecule has 4 aliphatic rings. The van der Waals surface area contributed by atoms with Crippen LogP contribution in [0.3, 0.4) is 0 Å². The van der Waals surface area contributed by atoms with Gasteiger partial charge in [0.05, 0.1) is 17.1 Å². The fourth-order valence-corrected chi connectivity index (χ4v) is 4.81. The van der Waals surface area contributed by atoms with E-state index in [0.717, 1.165) is 6.07 Å². The Bertz CT molecular complexity index is 1040. The molecule has 1 aliphatic heterocycles. The summed E-state index contributed by atoms with van der Waals surface area (Å²) in [7, 11) is 0. The van der Waals surface area contributed by atoms with Gasteiger partial charge in [-0.05, 0) is 37.0 Å². The highest BCUT2D eigenvalue weighted by Gasteiger charge is 2.73. The third-order valence-corrected chi connectivity index (χ3v) is 6.36. The monoisotopic (exact) mass is 441 g/mol. The van der Waals surface area contributed by atoms with Crippen molar-refractivity contribution < 1.29 is 32.0 Å². The van der Waals surface area contributed by atoms with E-state index < -0.39 is 47.1 Å². The Morgan fingerprint density at radius 2 is 2.03 bits per heavy atom. The Kier molecular flexibility index (Phi) is 4.08. The molecule has 6 rings (SSSR count). The summed E-state index contributed by atoms with van der Waals surface area (Å²) in [5.41, 5.74) is -1.03. The van der Waals surface area contributed by atoms with Crippen LogP contribution < -0.4 is 5.32 Å². The topological polar surface area (TPSA) is 84.7 Å². The number of rotatable bonds is 5. The second-order valence-corrected chi connectivity index (χ2v) is 8.47. The Hall–Kier alpha value is -2.75. The zero-order valence-electron chi connectivity index (χ0n) is 15.3. The fraction of sp³-hybridized carbons (Fsp3) is 0.421. The minimum atomic E-state index is -2.82. The van der Waals surface area contributed by atoms with E-state index in [2.05, 4.69) is 15.0 Å². The van der Waals surface area contributed by atoms with Gasteiger partial charge >= 0.3 is 6.09 Å². The van der Waals surface area contributed by atoms with Gasteiger partial charge < -0.3 is 14.6 Å². The number of amides is 2. The molecule has 3 aliphatic carbocycles. The lowest BCUT2D eigenvalue weighted by Crippen LogP contribution is -2.83. The van der Waals surface area contributed by atoms with E-state index in [1.807, 2.05) is 0 Å². The molecule has 0 radical (unpaired) electrons. The number of benzene rings is 1. The summed E-state index contributed by atoms with van der Waals surface area (Å²) in [5, 5.41) is 5.95. The molecule has 1 N–H and O–H groups in total. The molecule has 1 unspecified atom stereocenters. The molecular weight excluding hydrogens is 427 g/mol. The molecular formula is C19H15ClF3N3O4. The van der Waals surface area contributed by atoms with Crippen molar-refractivity contribution in [1.29, 1.82) is 0 Å². The predicted molar refractivity (Wildman–Crippen MR) is 95.6 cm³/mol. The molecule has 3 saturated carbocycles. The first-order valence-electron chi connectivity index (χ1n) is 9.21. The van der Waals surface area contributed by atoms with Crippen molar-refractivity contribution in [1.82, 2.24) is 15.4 Å². The molecule has 2 bridgehead atoms. The molecule has 2 heterocycles. The first-order chi connectivity index (χ1) is 14.2. The minimum absolute atomic E-state index is 0.00976. The summed E-state index contributed by atoms with van der Waals surface area (Å²) in [5.74, 6) is -1.49. The molecule has 158 valence electrons. The number of nitrogens with one attached hydrogen (secondary N) is 1. The lowest BCUT2D eigenvalue weighted by molar-refractivity contribution is -0.150. The van der Waals surface area contributed by atoms with E-state index in [4.69, 9.17) is 16.3 Å². The lowest BCUT2D eigenvalue weighted by atomic mass is 9.43. The highest BCUT2D eigenvalue weighted by molar-refractivity contribution is 6.30. The molecule has 1 atom stereocenters. The number of carbonyl (C=O) groups is 2. The van der Waals surface area contributed by atoms with Crippen LogP contribution in [0.4, 0.5) is 18.0 Å². The Balaban J connectivity index is 1.22. The quantitative estimate of drug-likeness (QED) is 0.758. The number of nitrogens with zero attached hydrogens (tertiary/aromatic N) is 2. The first kappa shape index (κ1) is 19.2. The molecule has 11 heteroatoms. The molecule has 4 fully saturated rings. The zero-order chi connectivity index (χ0) is 21.3. The van der Waals surface area contributed by atoms with Gasteiger partial charge in [0.1, 0.15) is 11.9 Å². The van der Waals surface area contributed by atoms with Crippen molar-refractivity contribution in [3.05, 3.63) is 52.1 Å². The van der Waals surface area contributed by atoms with Gasteiger partial charge in [0.15, 0.2) is 5.69 Å². The average Bonchev–Trinajstić information content (AvgIpc) is 3.26. The Morgan fingerprint density at radius 3 is 2.67 bits per heavy atom. The van der Waals surface area contributed by atoms with E-state index in [1.54, 1.807) is 11.0 Å². The standard InChI is InChI=1S/C19H15ClF3N3O4/c20-10-2-1-9(3-11(10)21)14-5-26(17(28)29-14)19-6-18(7-19,8-19)24-16(27)13-4-12(15(22)23)25-30-13/h1-4,14-15H,5-8H2,(H,24,27). The van der Waals surface area contributed by atoms with Gasteiger partial charge in [0, 0.05) is 11.6 Å². The summed E-state index contributed by atoms with van der Waals surface area (Å²) in [4.78, 5) is 26.3. The molecule has 1 aromatic heterocycles. The number of ether oxygens (including phenoxy) is 1. The molecule has 1 aromatic carbocycles. The van der Waals surface area contributed by atoms with Gasteiger partial charge in [0.2, 0.25) is 5.76 Å². The molecule has 7 nitrogen and oxygen atoms in total. The van der Waals surface area contributed by atoms with Crippen LogP contribution in [0.25, 0.3) is 0 Å². The summed E-state index contributed by atoms with van der Waals surface area (Å²) >= 11 is 5.70. The number of halogens is 4. The molecule has 0 spiro atoms. The number of carbonyl (C=O) groups excluding carboxylic acids is 2. The van der Waals surface area contributed by atoms with Crippen LogP contribution in [0.1, 0.15) is 53.6 Å². The first-order valence-corrected chi connectivity index (χ1v) is 9.59. The number of alkyl halides is 2. The third kappa shape index (κ3) is 2.84. The highest BCUT2D eigenvalue weighted by Crippen LogP contribution is 2.64. The maximum absolute atomic E-state index is 13.7. The van der Waals surface area contributed by atoms with Crippen molar-refractivity contribution >= 4 is 23.6 Å². The van der Waals surface area contributed by atoms with Crippen LogP contribution in [0, 0.1) is 5.82 Å². The van der Waals surface area contributed by atoms with E-state index in [0.29, 0.717) is 24.8 Å². The predicted octanol–water partition coefficient (Wildman–Crippen LogP) is 4.00. The second kappa shape index (κ2) is 6.37. The Morgan fingerprint density at radius 1 is 1.30 bits per heavy atom. The van der Waals surface area contributed by atoms with Gasteiger partial charge in [-0.2, -0.15) is 0 Å². The fourth-order valence-electron chi connectivity index (χ4n) is 4.69. The average molecular weight is 442 g/mol. The van der Waals surface area contributed by atoms with Crippen LogP contribution >= 0.6 is 11.6 Å². The van der Waals surface area contributed by atoms with Gasteiger partial charge in [-0.15, -0.1) is 0 Å². The zero-order valence-corrected chi connectivity index (χ0v) is 16.1. The van der Waals surface area contributed by atoms with Gasteiger partial charge in [-0.3, -0.25) is 9.69 Å². The van der Waals surface area contributed by atoms with Gasteiger partial charge in [-0.1, -0.05) is 22.8 Å². The minimum Gasteiger partial charge on any atom is -0.439 e. The lowest BCUT2D eigenvalue weighted by Gasteiger charge is -2.72. The van der Waals surface area contributed by atoms with Crippen LogP contribution in [0.15, 0.2) is 28.8 Å². The third-order valence-electron chi connectivity index (χ3n) is 6.06. The largest absolute Gasteiger partial charge is 0.439 e. The smallest absolute Gasteiger partial charge is 0.411 e. The van der Waals surface area contributed by atoms with E-state index in [1.165, 1.54) is 12.1 Å². The van der Waals surface area contributed by atoms with Crippen molar-refractivity contribution in [2.75, 3.05) is 6.54 Å². The van der Waals surface area contributed by atoms with E-state index in [-0.39, 0.29) is 17.3 Å². The summed E-state index contributed by atoms with van der Waals surface area (Å²) in [6, 6.07) is 5.19. The number of aromatic nitrogens is 1. The summed E-state index contributed by atoms with van der Waals surface area (Å²) in [6.45, 7) is 0.268. The van der Waals surface area contributed by atoms with Crippen LogP contribution in [0.5, 0.6) is 0 Å². The van der Waals surface area contributed by atoms with Crippen molar-refractivity contribution in [3.63, 3.8) is 0 Å². The molecule has 2 amide bonds. The van der Waals surface area contributed by atoms with Crippen molar-refractivity contribution in [2.45, 2.75) is 42.9 Å². The van der Waals surface area contributed by atoms with Crippen molar-refractivity contribution in [2.24, 2.45) is 0 Å². The van der Waals surface area contributed by atoms with E-state index in [9.17, 15) is 22.8 Å². The molecule has 2 aromatic rings. The highest BCUT2D eigenvalue weighted by atomic mass is 35.5. The summed E-state index contributed by atoms with van der Waals surface area (Å²) in [6.07, 6.45) is -2.39. The van der Waals surface area contributed by atoms with Crippen molar-refractivity contribution in [3.8, 4) is 0 Å². The van der Waals surface area contributed by atoms with Gasteiger partial charge in [0.25, 0.3) is 12.3 Å². The van der Waals surface area contributed by atoms with E-state index >= 15 is 0 Å². The summed E-state index contributed by atoms with van der Waals surface area (Å²) < 4.78 is 49.0. The second-order valence-electron chi connectivity index (χ2n) is 8.06.